The Morgan fingerprint density at radius 2 is 2.21 bits per heavy atom. The van der Waals surface area contributed by atoms with Crippen LogP contribution in [-0.2, 0) is 4.79 Å². The molecule has 82 valence electrons. The molecule has 1 aliphatic rings. The van der Waals surface area contributed by atoms with Gasteiger partial charge in [0.25, 0.3) is 0 Å². The molecule has 0 aromatic carbocycles. The van der Waals surface area contributed by atoms with E-state index in [0.29, 0.717) is 5.91 Å². The van der Waals surface area contributed by atoms with Gasteiger partial charge in [0.1, 0.15) is 0 Å². The summed E-state index contributed by atoms with van der Waals surface area (Å²) in [6.45, 7) is 4.10. The van der Waals surface area contributed by atoms with Gasteiger partial charge in [0.15, 0.2) is 0 Å². The Bertz CT molecular complexity index is 182. The predicted octanol–water partition coefficient (Wildman–Crippen LogP) is 1.41. The largest absolute Gasteiger partial charge is 0.396 e. The van der Waals surface area contributed by atoms with Gasteiger partial charge in [-0.3, -0.25) is 4.79 Å². The SMILES string of the molecule is CC1CCCN(CCCCCO)C1=O. The molecule has 1 unspecified atom stereocenters. The molecule has 1 atom stereocenters. The molecule has 0 aromatic heterocycles. The number of hydrogen-bond donors (Lipinski definition) is 1. The quantitative estimate of drug-likeness (QED) is 0.680. The number of carbonyl (C=O) groups excluding carboxylic acids is 1. The molecule has 1 saturated heterocycles. The topological polar surface area (TPSA) is 40.5 Å². The molecule has 0 spiro atoms. The van der Waals surface area contributed by atoms with Crippen LogP contribution in [0, 0.1) is 5.92 Å². The van der Waals surface area contributed by atoms with Crippen molar-refractivity contribution in [2.24, 2.45) is 5.92 Å². The van der Waals surface area contributed by atoms with Gasteiger partial charge in [0.2, 0.25) is 5.91 Å². The minimum Gasteiger partial charge on any atom is -0.396 e. The summed E-state index contributed by atoms with van der Waals surface area (Å²) >= 11 is 0. The van der Waals surface area contributed by atoms with Crippen molar-refractivity contribution in [3.05, 3.63) is 0 Å². The van der Waals surface area contributed by atoms with Crippen LogP contribution < -0.4 is 0 Å². The van der Waals surface area contributed by atoms with E-state index in [4.69, 9.17) is 5.11 Å². The van der Waals surface area contributed by atoms with Crippen LogP contribution in [0.3, 0.4) is 0 Å². The van der Waals surface area contributed by atoms with Gasteiger partial charge < -0.3 is 10.0 Å². The van der Waals surface area contributed by atoms with Crippen molar-refractivity contribution in [2.75, 3.05) is 19.7 Å². The molecular weight excluding hydrogens is 178 g/mol. The Kier molecular flexibility index (Phi) is 4.94. The van der Waals surface area contributed by atoms with Gasteiger partial charge in [-0.2, -0.15) is 0 Å². The van der Waals surface area contributed by atoms with Crippen molar-refractivity contribution in [2.45, 2.75) is 39.0 Å². The fourth-order valence-corrected chi connectivity index (χ4v) is 1.95. The molecule has 14 heavy (non-hydrogen) atoms. The number of hydrogen-bond acceptors (Lipinski definition) is 2. The lowest BCUT2D eigenvalue weighted by Gasteiger charge is -2.30. The second kappa shape index (κ2) is 6.02. The lowest BCUT2D eigenvalue weighted by molar-refractivity contribution is -0.137. The maximum atomic E-state index is 11.7. The summed E-state index contributed by atoms with van der Waals surface area (Å²) in [6.07, 6.45) is 5.10. The Hall–Kier alpha value is -0.570. The van der Waals surface area contributed by atoms with E-state index in [0.717, 1.165) is 45.2 Å². The molecule has 1 fully saturated rings. The first kappa shape index (κ1) is 11.5. The molecule has 1 aliphatic heterocycles. The number of carbonyl (C=O) groups is 1. The first-order valence-corrected chi connectivity index (χ1v) is 5.65. The second-order valence-corrected chi connectivity index (χ2v) is 4.15. The number of rotatable bonds is 5. The first-order chi connectivity index (χ1) is 6.75. The number of aliphatic hydroxyl groups excluding tert-OH is 1. The highest BCUT2D eigenvalue weighted by Crippen LogP contribution is 2.17. The molecule has 1 rings (SSSR count). The highest BCUT2D eigenvalue weighted by Gasteiger charge is 2.24. The summed E-state index contributed by atoms with van der Waals surface area (Å²) in [4.78, 5) is 13.6. The summed E-state index contributed by atoms with van der Waals surface area (Å²) < 4.78 is 0. The summed E-state index contributed by atoms with van der Waals surface area (Å²) in [6, 6.07) is 0. The third kappa shape index (κ3) is 3.29. The van der Waals surface area contributed by atoms with Crippen LogP contribution in [0.2, 0.25) is 0 Å². The standard InChI is InChI=1S/C11H21NO2/c1-10-6-5-8-12(11(10)14)7-3-2-4-9-13/h10,13H,2-9H2,1H3. The van der Waals surface area contributed by atoms with E-state index in [2.05, 4.69) is 0 Å². The normalized spacial score (nSPS) is 22.9. The van der Waals surface area contributed by atoms with Crippen LogP contribution >= 0.6 is 0 Å². The summed E-state index contributed by atoms with van der Waals surface area (Å²) in [5.74, 6) is 0.543. The lowest BCUT2D eigenvalue weighted by atomic mass is 9.99. The van der Waals surface area contributed by atoms with Crippen molar-refractivity contribution in [1.82, 2.24) is 4.90 Å². The van der Waals surface area contributed by atoms with Crippen LogP contribution in [0.5, 0.6) is 0 Å². The van der Waals surface area contributed by atoms with Gasteiger partial charge in [-0.25, -0.2) is 0 Å². The number of piperidine rings is 1. The van der Waals surface area contributed by atoms with E-state index in [-0.39, 0.29) is 12.5 Å². The van der Waals surface area contributed by atoms with Crippen LogP contribution in [0.1, 0.15) is 39.0 Å². The molecule has 1 amide bonds. The molecule has 0 radical (unpaired) electrons. The van der Waals surface area contributed by atoms with Crippen molar-refractivity contribution in [3.8, 4) is 0 Å². The van der Waals surface area contributed by atoms with Gasteiger partial charge in [0.05, 0.1) is 0 Å². The second-order valence-electron chi connectivity index (χ2n) is 4.15. The van der Waals surface area contributed by atoms with E-state index in [1.165, 1.54) is 0 Å². The van der Waals surface area contributed by atoms with E-state index < -0.39 is 0 Å². The number of nitrogens with zero attached hydrogens (tertiary/aromatic N) is 1. The van der Waals surface area contributed by atoms with Crippen LogP contribution in [-0.4, -0.2) is 35.6 Å². The Morgan fingerprint density at radius 1 is 1.43 bits per heavy atom. The van der Waals surface area contributed by atoms with Crippen LogP contribution in [0.4, 0.5) is 0 Å². The van der Waals surface area contributed by atoms with Crippen molar-refractivity contribution in [3.63, 3.8) is 0 Å². The predicted molar refractivity (Wildman–Crippen MR) is 55.9 cm³/mol. The fourth-order valence-electron chi connectivity index (χ4n) is 1.95. The number of likely N-dealkylation sites (tertiary alicyclic amines) is 1. The zero-order chi connectivity index (χ0) is 10.4. The highest BCUT2D eigenvalue weighted by molar-refractivity contribution is 5.79. The first-order valence-electron chi connectivity index (χ1n) is 5.65. The monoisotopic (exact) mass is 199 g/mol. The maximum Gasteiger partial charge on any atom is 0.225 e. The van der Waals surface area contributed by atoms with Gasteiger partial charge >= 0.3 is 0 Å². The average Bonchev–Trinajstić information content (AvgIpc) is 2.19. The molecule has 0 bridgehead atoms. The third-order valence-electron chi connectivity index (χ3n) is 2.88. The zero-order valence-corrected chi connectivity index (χ0v) is 9.04. The van der Waals surface area contributed by atoms with Gasteiger partial charge in [-0.05, 0) is 32.1 Å². The summed E-state index contributed by atoms with van der Waals surface area (Å²) in [7, 11) is 0. The minimum atomic E-state index is 0.224. The highest BCUT2D eigenvalue weighted by atomic mass is 16.2. The number of unbranched alkanes of at least 4 members (excludes halogenated alkanes) is 2. The average molecular weight is 199 g/mol. The molecule has 3 nitrogen and oxygen atoms in total. The maximum absolute atomic E-state index is 11.7. The van der Waals surface area contributed by atoms with E-state index in [1.54, 1.807) is 0 Å². The van der Waals surface area contributed by atoms with Gasteiger partial charge in [-0.15, -0.1) is 0 Å². The molecule has 0 aliphatic carbocycles. The van der Waals surface area contributed by atoms with Crippen molar-refractivity contribution < 1.29 is 9.90 Å². The molecule has 0 saturated carbocycles. The van der Waals surface area contributed by atoms with Gasteiger partial charge in [-0.1, -0.05) is 6.92 Å². The Morgan fingerprint density at radius 3 is 2.93 bits per heavy atom. The van der Waals surface area contributed by atoms with Crippen LogP contribution in [0.15, 0.2) is 0 Å². The minimum absolute atomic E-state index is 0.224. The molecule has 3 heteroatoms. The van der Waals surface area contributed by atoms with Crippen LogP contribution in [0.25, 0.3) is 0 Å². The number of aliphatic hydroxyl groups is 1. The summed E-state index contributed by atoms with van der Waals surface area (Å²) in [5, 5.41) is 8.62. The Labute approximate surface area is 86.1 Å². The smallest absolute Gasteiger partial charge is 0.225 e. The lowest BCUT2D eigenvalue weighted by Crippen LogP contribution is -2.40. The van der Waals surface area contributed by atoms with Crippen molar-refractivity contribution in [1.29, 1.82) is 0 Å². The molecular formula is C11H21NO2. The zero-order valence-electron chi connectivity index (χ0n) is 9.04. The third-order valence-corrected chi connectivity index (χ3v) is 2.88. The molecule has 0 aromatic rings. The number of amides is 1. The molecule has 1 N–H and O–H groups in total. The van der Waals surface area contributed by atoms with Crippen molar-refractivity contribution >= 4 is 5.91 Å². The fraction of sp³-hybridized carbons (Fsp3) is 0.909. The summed E-state index contributed by atoms with van der Waals surface area (Å²) in [5.41, 5.74) is 0. The van der Waals surface area contributed by atoms with Gasteiger partial charge in [0, 0.05) is 25.6 Å². The van der Waals surface area contributed by atoms with E-state index in [9.17, 15) is 4.79 Å². The molecule has 1 heterocycles. The van der Waals surface area contributed by atoms with E-state index in [1.807, 2.05) is 11.8 Å². The van der Waals surface area contributed by atoms with E-state index >= 15 is 0 Å². The Balaban J connectivity index is 2.19.